The van der Waals surface area contributed by atoms with Crippen molar-refractivity contribution in [2.45, 2.75) is 39.1 Å². The Kier molecular flexibility index (Phi) is 5.43. The van der Waals surface area contributed by atoms with E-state index < -0.39 is 10.0 Å². The first kappa shape index (κ1) is 19.3. The van der Waals surface area contributed by atoms with E-state index in [2.05, 4.69) is 14.8 Å². The molecule has 0 bridgehead atoms. The second-order valence-electron chi connectivity index (χ2n) is 6.67. The number of nitrogens with zero attached hydrogens (tertiary/aromatic N) is 3. The van der Waals surface area contributed by atoms with E-state index in [1.807, 2.05) is 64.2 Å². The third kappa shape index (κ3) is 4.09. The molecule has 0 amide bonds. The summed E-state index contributed by atoms with van der Waals surface area (Å²) in [7, 11) is -3.59. The molecule has 0 aliphatic heterocycles. The van der Waals surface area contributed by atoms with Crippen molar-refractivity contribution in [3.05, 3.63) is 65.0 Å². The Labute approximate surface area is 160 Å². The van der Waals surface area contributed by atoms with Crippen LogP contribution in [0.15, 0.2) is 47.6 Å². The van der Waals surface area contributed by atoms with Crippen LogP contribution in [0.4, 0.5) is 0 Å². The summed E-state index contributed by atoms with van der Waals surface area (Å²) in [6.45, 7) is 8.27. The van der Waals surface area contributed by atoms with Gasteiger partial charge in [-0.05, 0) is 68.1 Å². The lowest BCUT2D eigenvalue weighted by Crippen LogP contribution is -2.29. The fourth-order valence-corrected chi connectivity index (χ4v) is 4.72. The van der Waals surface area contributed by atoms with Crippen molar-refractivity contribution >= 4 is 10.0 Å². The highest BCUT2D eigenvalue weighted by Crippen LogP contribution is 2.25. The van der Waals surface area contributed by atoms with Crippen molar-refractivity contribution in [2.24, 2.45) is 0 Å². The van der Waals surface area contributed by atoms with Crippen LogP contribution in [0.3, 0.4) is 0 Å². The van der Waals surface area contributed by atoms with Gasteiger partial charge in [0.05, 0.1) is 17.1 Å². The summed E-state index contributed by atoms with van der Waals surface area (Å²) in [4.78, 5) is 4.65. The SMILES string of the molecule is Cc1cc(C)c(C)c(S(=O)(=O)NCCn2ccc(-c3ccccn3)n2)c1C. The molecule has 2 aromatic heterocycles. The highest BCUT2D eigenvalue weighted by Gasteiger charge is 2.21. The van der Waals surface area contributed by atoms with Gasteiger partial charge in [0, 0.05) is 18.9 Å². The van der Waals surface area contributed by atoms with E-state index in [1.165, 1.54) is 0 Å². The molecule has 0 unspecified atom stereocenters. The van der Waals surface area contributed by atoms with Gasteiger partial charge in [-0.1, -0.05) is 12.1 Å². The van der Waals surface area contributed by atoms with Crippen LogP contribution in [-0.4, -0.2) is 29.7 Å². The fourth-order valence-electron chi connectivity index (χ4n) is 3.09. The second-order valence-corrected chi connectivity index (χ2v) is 8.37. The van der Waals surface area contributed by atoms with Crippen molar-refractivity contribution < 1.29 is 8.42 Å². The van der Waals surface area contributed by atoms with Gasteiger partial charge >= 0.3 is 0 Å². The first-order chi connectivity index (χ1) is 12.8. The minimum atomic E-state index is -3.59. The zero-order chi connectivity index (χ0) is 19.6. The molecule has 0 radical (unpaired) electrons. The molecule has 0 atom stereocenters. The normalized spacial score (nSPS) is 11.7. The molecule has 3 rings (SSSR count). The molecule has 6 nitrogen and oxygen atoms in total. The number of sulfonamides is 1. The molecule has 142 valence electrons. The highest BCUT2D eigenvalue weighted by atomic mass is 32.2. The van der Waals surface area contributed by atoms with Gasteiger partial charge in [0.1, 0.15) is 5.69 Å². The fraction of sp³-hybridized carbons (Fsp3) is 0.300. The number of aromatic nitrogens is 3. The van der Waals surface area contributed by atoms with E-state index >= 15 is 0 Å². The molecular weight excluding hydrogens is 360 g/mol. The van der Waals surface area contributed by atoms with Crippen molar-refractivity contribution in [3.8, 4) is 11.4 Å². The molecule has 0 aliphatic carbocycles. The lowest BCUT2D eigenvalue weighted by Gasteiger charge is -2.16. The van der Waals surface area contributed by atoms with Gasteiger partial charge in [-0.15, -0.1) is 0 Å². The summed E-state index contributed by atoms with van der Waals surface area (Å²) < 4.78 is 30.1. The predicted molar refractivity (Wildman–Crippen MR) is 106 cm³/mol. The highest BCUT2D eigenvalue weighted by molar-refractivity contribution is 7.89. The standard InChI is InChI=1S/C20H24N4O2S/c1-14-13-15(2)17(4)20(16(14)3)27(25,26)22-10-12-24-11-8-19(23-24)18-7-5-6-9-21-18/h5-9,11,13,22H,10,12H2,1-4H3. The zero-order valence-corrected chi connectivity index (χ0v) is 16.8. The Morgan fingerprint density at radius 3 is 2.33 bits per heavy atom. The molecule has 0 spiro atoms. The number of hydrogen-bond acceptors (Lipinski definition) is 4. The summed E-state index contributed by atoms with van der Waals surface area (Å²) >= 11 is 0. The number of benzene rings is 1. The zero-order valence-electron chi connectivity index (χ0n) is 16.0. The van der Waals surface area contributed by atoms with Gasteiger partial charge in [0.25, 0.3) is 0 Å². The lowest BCUT2D eigenvalue weighted by molar-refractivity contribution is 0.560. The molecule has 0 fully saturated rings. The summed E-state index contributed by atoms with van der Waals surface area (Å²) in [6.07, 6.45) is 3.54. The molecule has 1 aromatic carbocycles. The lowest BCUT2D eigenvalue weighted by atomic mass is 10.0. The minimum Gasteiger partial charge on any atom is -0.271 e. The summed E-state index contributed by atoms with van der Waals surface area (Å²) in [5.41, 5.74) is 5.10. The molecule has 0 saturated carbocycles. The number of rotatable bonds is 6. The Hall–Kier alpha value is -2.51. The molecule has 7 heteroatoms. The summed E-state index contributed by atoms with van der Waals surface area (Å²) in [6, 6.07) is 9.54. The number of hydrogen-bond donors (Lipinski definition) is 1. The molecule has 1 N–H and O–H groups in total. The largest absolute Gasteiger partial charge is 0.271 e. The average Bonchev–Trinajstić information content (AvgIpc) is 3.09. The molecule has 2 heterocycles. The number of pyridine rings is 1. The van der Waals surface area contributed by atoms with Crippen molar-refractivity contribution in [3.63, 3.8) is 0 Å². The smallest absolute Gasteiger partial charge is 0.241 e. The third-order valence-electron chi connectivity index (χ3n) is 4.77. The Balaban J connectivity index is 1.72. The molecule has 0 saturated heterocycles. The van der Waals surface area contributed by atoms with Crippen molar-refractivity contribution in [1.82, 2.24) is 19.5 Å². The van der Waals surface area contributed by atoms with Gasteiger partial charge in [0.2, 0.25) is 10.0 Å². The monoisotopic (exact) mass is 384 g/mol. The quantitative estimate of drug-likeness (QED) is 0.708. The molecular formula is C20H24N4O2S. The summed E-state index contributed by atoms with van der Waals surface area (Å²) in [5.74, 6) is 0. The van der Waals surface area contributed by atoms with Crippen LogP contribution >= 0.6 is 0 Å². The maximum Gasteiger partial charge on any atom is 0.241 e. The van der Waals surface area contributed by atoms with Crippen LogP contribution in [0.25, 0.3) is 11.4 Å². The van der Waals surface area contributed by atoms with Crippen LogP contribution < -0.4 is 4.72 Å². The first-order valence-corrected chi connectivity index (χ1v) is 10.3. The van der Waals surface area contributed by atoms with E-state index in [0.29, 0.717) is 11.4 Å². The van der Waals surface area contributed by atoms with Crippen LogP contribution in [0, 0.1) is 27.7 Å². The van der Waals surface area contributed by atoms with Crippen molar-refractivity contribution in [2.75, 3.05) is 6.54 Å². The van der Waals surface area contributed by atoms with E-state index in [-0.39, 0.29) is 6.54 Å². The summed E-state index contributed by atoms with van der Waals surface area (Å²) in [5, 5.41) is 4.46. The van der Waals surface area contributed by atoms with Gasteiger partial charge in [-0.3, -0.25) is 9.67 Å². The first-order valence-electron chi connectivity index (χ1n) is 8.81. The maximum absolute atomic E-state index is 12.8. The van der Waals surface area contributed by atoms with Crippen molar-refractivity contribution in [1.29, 1.82) is 0 Å². The molecule has 0 aliphatic rings. The minimum absolute atomic E-state index is 0.261. The van der Waals surface area contributed by atoms with Crippen LogP contribution in [0.5, 0.6) is 0 Å². The molecule has 27 heavy (non-hydrogen) atoms. The van der Waals surface area contributed by atoms with E-state index in [9.17, 15) is 8.42 Å². The van der Waals surface area contributed by atoms with Crippen LogP contribution in [0.2, 0.25) is 0 Å². The predicted octanol–water partition coefficient (Wildman–Crippen LogP) is 3.16. The van der Waals surface area contributed by atoms with E-state index in [1.54, 1.807) is 10.9 Å². The second kappa shape index (κ2) is 7.62. The Morgan fingerprint density at radius 2 is 1.70 bits per heavy atom. The average molecular weight is 385 g/mol. The number of aryl methyl sites for hydroxylation is 2. The van der Waals surface area contributed by atoms with Gasteiger partial charge < -0.3 is 0 Å². The van der Waals surface area contributed by atoms with E-state index in [0.717, 1.165) is 33.6 Å². The van der Waals surface area contributed by atoms with E-state index in [4.69, 9.17) is 0 Å². The Morgan fingerprint density at radius 1 is 1.00 bits per heavy atom. The Bertz CT molecular complexity index is 1030. The van der Waals surface area contributed by atoms with Gasteiger partial charge in [-0.2, -0.15) is 5.10 Å². The van der Waals surface area contributed by atoms with Gasteiger partial charge in [-0.25, -0.2) is 13.1 Å². The number of nitrogens with one attached hydrogen (secondary N) is 1. The van der Waals surface area contributed by atoms with Gasteiger partial charge in [0.15, 0.2) is 0 Å². The topological polar surface area (TPSA) is 76.9 Å². The maximum atomic E-state index is 12.8. The van der Waals surface area contributed by atoms with Crippen LogP contribution in [-0.2, 0) is 16.6 Å². The third-order valence-corrected chi connectivity index (χ3v) is 6.50. The van der Waals surface area contributed by atoms with Crippen LogP contribution in [0.1, 0.15) is 22.3 Å². The molecule has 3 aromatic rings.